The molecule has 3 nitrogen and oxygen atoms in total. The van der Waals surface area contributed by atoms with Gasteiger partial charge >= 0.3 is 0 Å². The number of imidazole rings is 1. The van der Waals surface area contributed by atoms with E-state index in [0.717, 1.165) is 5.69 Å². The summed E-state index contributed by atoms with van der Waals surface area (Å²) >= 11 is 0. The molecule has 1 rings (SSSR count). The number of hydrogen-bond donors (Lipinski definition) is 0. The lowest BCUT2D eigenvalue weighted by molar-refractivity contribution is 0.905. The second kappa shape index (κ2) is 2.44. The fraction of sp³-hybridized carbons (Fsp3) is 0.333. The maximum atomic E-state index is 3.91. The van der Waals surface area contributed by atoms with Gasteiger partial charge in [0.1, 0.15) is 0 Å². The number of nitrogens with zero attached hydrogens (tertiary/aromatic N) is 3. The van der Waals surface area contributed by atoms with Gasteiger partial charge in [-0.25, -0.2) is 4.98 Å². The predicted octanol–water partition coefficient (Wildman–Crippen LogP) is 0.469. The monoisotopic (exact) mass is 123 g/mol. The van der Waals surface area contributed by atoms with Crippen LogP contribution in [0.5, 0.6) is 0 Å². The number of aliphatic imine (C=N–C) groups is 1. The summed E-state index contributed by atoms with van der Waals surface area (Å²) in [6.07, 6.45) is 5.29. The lowest BCUT2D eigenvalue weighted by Crippen LogP contribution is -1.91. The Bertz CT molecular complexity index is 212. The van der Waals surface area contributed by atoms with Crippen molar-refractivity contribution in [2.45, 2.75) is 0 Å². The molecular formula is C6H9N3. The van der Waals surface area contributed by atoms with E-state index in [4.69, 9.17) is 0 Å². The van der Waals surface area contributed by atoms with Crippen LogP contribution in [0.4, 0.5) is 0 Å². The van der Waals surface area contributed by atoms with Crippen LogP contribution in [0.1, 0.15) is 5.69 Å². The molecule has 0 spiro atoms. The molecule has 0 radical (unpaired) electrons. The number of hydrogen-bond acceptors (Lipinski definition) is 2. The van der Waals surface area contributed by atoms with Crippen LogP contribution in [-0.2, 0) is 7.05 Å². The summed E-state index contributed by atoms with van der Waals surface area (Å²) in [7, 11) is 3.68. The Morgan fingerprint density at radius 1 is 1.78 bits per heavy atom. The van der Waals surface area contributed by atoms with Crippen LogP contribution in [0, 0.1) is 0 Å². The Hall–Kier alpha value is -1.12. The average Bonchev–Trinajstić information content (AvgIpc) is 2.18. The molecule has 0 unspecified atom stereocenters. The smallest absolute Gasteiger partial charge is 0.0948 e. The van der Waals surface area contributed by atoms with Crippen molar-refractivity contribution in [3.63, 3.8) is 0 Å². The number of aromatic nitrogens is 2. The number of aryl methyl sites for hydroxylation is 1. The quantitative estimate of drug-likeness (QED) is 0.499. The highest BCUT2D eigenvalue weighted by Crippen LogP contribution is 1.89. The SMILES string of the molecule is CN=Cc1cncn1C. The molecule has 0 bridgehead atoms. The Balaban J connectivity index is 2.94. The first-order valence-electron chi connectivity index (χ1n) is 2.73. The predicted molar refractivity (Wildman–Crippen MR) is 36.7 cm³/mol. The molecule has 0 aliphatic carbocycles. The van der Waals surface area contributed by atoms with Gasteiger partial charge in [-0.2, -0.15) is 0 Å². The summed E-state index contributed by atoms with van der Waals surface area (Å²) in [5.74, 6) is 0. The van der Waals surface area contributed by atoms with Crippen molar-refractivity contribution in [2.75, 3.05) is 7.05 Å². The van der Waals surface area contributed by atoms with Gasteiger partial charge in [0.15, 0.2) is 0 Å². The first-order chi connectivity index (χ1) is 4.34. The Morgan fingerprint density at radius 3 is 3.00 bits per heavy atom. The standard InChI is InChI=1S/C6H9N3/c1-7-3-6-4-8-5-9(6)2/h3-5H,1-2H3. The first-order valence-corrected chi connectivity index (χ1v) is 2.73. The third-order valence-electron chi connectivity index (χ3n) is 1.12. The van der Waals surface area contributed by atoms with Crippen LogP contribution in [-0.4, -0.2) is 22.8 Å². The van der Waals surface area contributed by atoms with Gasteiger partial charge < -0.3 is 4.57 Å². The minimum Gasteiger partial charge on any atom is -0.333 e. The molecule has 0 saturated carbocycles. The van der Waals surface area contributed by atoms with Gasteiger partial charge in [-0.3, -0.25) is 4.99 Å². The molecule has 3 heteroatoms. The fourth-order valence-electron chi connectivity index (χ4n) is 0.624. The van der Waals surface area contributed by atoms with Crippen LogP contribution in [0.2, 0.25) is 0 Å². The second-order valence-electron chi connectivity index (χ2n) is 1.82. The lowest BCUT2D eigenvalue weighted by Gasteiger charge is -1.89. The zero-order chi connectivity index (χ0) is 6.69. The molecular weight excluding hydrogens is 114 g/mol. The van der Waals surface area contributed by atoms with E-state index in [0.29, 0.717) is 0 Å². The van der Waals surface area contributed by atoms with Gasteiger partial charge in [0, 0.05) is 20.3 Å². The maximum Gasteiger partial charge on any atom is 0.0948 e. The van der Waals surface area contributed by atoms with Crippen LogP contribution in [0.25, 0.3) is 0 Å². The summed E-state index contributed by atoms with van der Waals surface area (Å²) in [5, 5.41) is 0. The van der Waals surface area contributed by atoms with Crippen molar-refractivity contribution >= 4 is 6.21 Å². The molecule has 0 aliphatic rings. The van der Waals surface area contributed by atoms with E-state index in [1.54, 1.807) is 25.8 Å². The van der Waals surface area contributed by atoms with Gasteiger partial charge in [0.25, 0.3) is 0 Å². The van der Waals surface area contributed by atoms with E-state index >= 15 is 0 Å². The van der Waals surface area contributed by atoms with Crippen LogP contribution < -0.4 is 0 Å². The van der Waals surface area contributed by atoms with E-state index in [9.17, 15) is 0 Å². The fourth-order valence-corrected chi connectivity index (χ4v) is 0.624. The van der Waals surface area contributed by atoms with Crippen molar-refractivity contribution in [1.82, 2.24) is 9.55 Å². The van der Waals surface area contributed by atoms with E-state index in [1.807, 2.05) is 11.6 Å². The highest BCUT2D eigenvalue weighted by molar-refractivity contribution is 5.76. The van der Waals surface area contributed by atoms with E-state index in [1.165, 1.54) is 0 Å². The van der Waals surface area contributed by atoms with E-state index < -0.39 is 0 Å². The van der Waals surface area contributed by atoms with Crippen LogP contribution in [0.3, 0.4) is 0 Å². The Morgan fingerprint density at radius 2 is 2.56 bits per heavy atom. The zero-order valence-electron chi connectivity index (χ0n) is 5.57. The maximum absolute atomic E-state index is 3.91. The normalized spacial score (nSPS) is 10.9. The summed E-state index contributed by atoms with van der Waals surface area (Å²) in [5.41, 5.74) is 1.03. The average molecular weight is 123 g/mol. The minimum absolute atomic E-state index is 1.03. The zero-order valence-corrected chi connectivity index (χ0v) is 5.57. The molecule has 0 aliphatic heterocycles. The molecule has 0 fully saturated rings. The highest BCUT2D eigenvalue weighted by atomic mass is 15.0. The van der Waals surface area contributed by atoms with E-state index in [-0.39, 0.29) is 0 Å². The van der Waals surface area contributed by atoms with Gasteiger partial charge in [-0.05, 0) is 0 Å². The molecule has 0 N–H and O–H groups in total. The lowest BCUT2D eigenvalue weighted by atomic mass is 10.5. The summed E-state index contributed by atoms with van der Waals surface area (Å²) < 4.78 is 1.91. The highest BCUT2D eigenvalue weighted by Gasteiger charge is 1.89. The number of rotatable bonds is 1. The molecule has 48 valence electrons. The minimum atomic E-state index is 1.03. The molecule has 0 atom stereocenters. The van der Waals surface area contributed by atoms with Crippen molar-refractivity contribution in [3.8, 4) is 0 Å². The van der Waals surface area contributed by atoms with E-state index in [2.05, 4.69) is 9.98 Å². The molecule has 1 aromatic heterocycles. The van der Waals surface area contributed by atoms with Crippen LogP contribution in [0.15, 0.2) is 17.5 Å². The summed E-state index contributed by atoms with van der Waals surface area (Å²) in [4.78, 5) is 7.77. The molecule has 0 saturated heterocycles. The third kappa shape index (κ3) is 1.16. The third-order valence-corrected chi connectivity index (χ3v) is 1.12. The molecule has 1 aromatic rings. The van der Waals surface area contributed by atoms with Gasteiger partial charge in [0.05, 0.1) is 18.2 Å². The molecule has 0 amide bonds. The van der Waals surface area contributed by atoms with Gasteiger partial charge in [-0.15, -0.1) is 0 Å². The summed E-state index contributed by atoms with van der Waals surface area (Å²) in [6, 6.07) is 0. The summed E-state index contributed by atoms with van der Waals surface area (Å²) in [6.45, 7) is 0. The van der Waals surface area contributed by atoms with Gasteiger partial charge in [-0.1, -0.05) is 0 Å². The largest absolute Gasteiger partial charge is 0.333 e. The topological polar surface area (TPSA) is 30.2 Å². The Labute approximate surface area is 54.1 Å². The van der Waals surface area contributed by atoms with Crippen molar-refractivity contribution in [3.05, 3.63) is 18.2 Å². The first kappa shape index (κ1) is 6.01. The van der Waals surface area contributed by atoms with Gasteiger partial charge in [0.2, 0.25) is 0 Å². The van der Waals surface area contributed by atoms with Crippen LogP contribution >= 0.6 is 0 Å². The van der Waals surface area contributed by atoms with Crippen molar-refractivity contribution in [2.24, 2.45) is 12.0 Å². The second-order valence-corrected chi connectivity index (χ2v) is 1.82. The molecule has 1 heterocycles. The Kier molecular flexibility index (Phi) is 1.63. The molecule has 9 heavy (non-hydrogen) atoms. The van der Waals surface area contributed by atoms with Crippen molar-refractivity contribution < 1.29 is 0 Å². The van der Waals surface area contributed by atoms with Crippen molar-refractivity contribution in [1.29, 1.82) is 0 Å². The molecule has 0 aromatic carbocycles.